The lowest BCUT2D eigenvalue weighted by Crippen LogP contribution is -2.34. The van der Waals surface area contributed by atoms with E-state index in [1.54, 1.807) is 26.0 Å². The molecule has 2 aromatic rings. The van der Waals surface area contributed by atoms with Gasteiger partial charge in [0.05, 0.1) is 16.7 Å². The number of aromatic nitrogens is 2. The maximum absolute atomic E-state index is 12.6. The Balaban J connectivity index is 1.71. The normalized spacial score (nSPS) is 18.6. The van der Waals surface area contributed by atoms with Gasteiger partial charge in [-0.1, -0.05) is 12.2 Å². The van der Waals surface area contributed by atoms with Crippen LogP contribution < -0.4 is 10.0 Å². The van der Waals surface area contributed by atoms with Crippen molar-refractivity contribution in [2.75, 3.05) is 10.0 Å². The molecule has 1 aromatic carbocycles. The quantitative estimate of drug-likeness (QED) is 0.599. The number of anilines is 2. The number of hydrogen-bond acceptors (Lipinski definition) is 6. The number of benzene rings is 1. The van der Waals surface area contributed by atoms with Gasteiger partial charge in [0.2, 0.25) is 5.91 Å². The fourth-order valence-electron chi connectivity index (χ4n) is 3.30. The Kier molecular flexibility index (Phi) is 6.16. The van der Waals surface area contributed by atoms with Crippen LogP contribution in [0.1, 0.15) is 24.4 Å². The van der Waals surface area contributed by atoms with Crippen molar-refractivity contribution in [3.05, 3.63) is 54.0 Å². The topological polar surface area (TPSA) is 138 Å². The number of amides is 1. The highest BCUT2D eigenvalue weighted by atomic mass is 32.2. The third-order valence-electron chi connectivity index (χ3n) is 4.72. The number of carbonyl (C=O) groups excluding carboxylic acids is 1. The number of nitrogens with zero attached hydrogens (tertiary/aromatic N) is 2. The zero-order valence-electron chi connectivity index (χ0n) is 16.5. The molecular formula is C20H22N4O5S. The highest BCUT2D eigenvalue weighted by molar-refractivity contribution is 7.92. The molecule has 0 aliphatic heterocycles. The molecule has 0 saturated carbocycles. The fourth-order valence-corrected chi connectivity index (χ4v) is 4.29. The highest BCUT2D eigenvalue weighted by Gasteiger charge is 2.34. The van der Waals surface area contributed by atoms with E-state index in [1.165, 1.54) is 30.3 Å². The van der Waals surface area contributed by atoms with E-state index in [1.807, 2.05) is 0 Å². The van der Waals surface area contributed by atoms with Crippen LogP contribution in [0.25, 0.3) is 0 Å². The average molecular weight is 430 g/mol. The molecule has 30 heavy (non-hydrogen) atoms. The van der Waals surface area contributed by atoms with E-state index < -0.39 is 33.7 Å². The van der Waals surface area contributed by atoms with Crippen LogP contribution >= 0.6 is 0 Å². The van der Waals surface area contributed by atoms with Crippen molar-refractivity contribution in [3.63, 3.8) is 0 Å². The standard InChI is InChI=1S/C20H22N4O5S/c1-12-11-18(22-13(2)21-12)24-30(28,29)15-9-7-14(8-10-15)23-19(25)16-5-3-4-6-17(16)20(26)27/h3-4,7-11,16-17H,5-6H2,1-2H3,(H,23,25)(H,26,27)(H,21,22,24)/t16-,17+/m0/s1. The lowest BCUT2D eigenvalue weighted by Gasteiger charge is -2.24. The zero-order valence-corrected chi connectivity index (χ0v) is 17.3. The lowest BCUT2D eigenvalue weighted by atomic mass is 9.82. The molecule has 9 nitrogen and oxygen atoms in total. The summed E-state index contributed by atoms with van der Waals surface area (Å²) in [6.45, 7) is 3.40. The zero-order chi connectivity index (χ0) is 21.9. The third kappa shape index (κ3) is 5.01. The minimum absolute atomic E-state index is 0.00145. The van der Waals surface area contributed by atoms with Gasteiger partial charge in [-0.15, -0.1) is 0 Å². The van der Waals surface area contributed by atoms with Crippen LogP contribution in [-0.4, -0.2) is 35.4 Å². The molecule has 1 aliphatic rings. The minimum Gasteiger partial charge on any atom is -0.481 e. The molecule has 0 radical (unpaired) electrons. The van der Waals surface area contributed by atoms with Gasteiger partial charge in [-0.2, -0.15) is 0 Å². The summed E-state index contributed by atoms with van der Waals surface area (Å²) in [5, 5.41) is 12.0. The van der Waals surface area contributed by atoms with Crippen LogP contribution in [0.5, 0.6) is 0 Å². The van der Waals surface area contributed by atoms with Crippen molar-refractivity contribution in [2.24, 2.45) is 11.8 Å². The molecule has 0 fully saturated rings. The van der Waals surface area contributed by atoms with Crippen molar-refractivity contribution in [1.29, 1.82) is 0 Å². The molecule has 0 spiro atoms. The summed E-state index contributed by atoms with van der Waals surface area (Å²) in [6, 6.07) is 7.15. The number of rotatable bonds is 6. The predicted molar refractivity (Wildman–Crippen MR) is 110 cm³/mol. The van der Waals surface area contributed by atoms with Crippen molar-refractivity contribution in [2.45, 2.75) is 31.6 Å². The van der Waals surface area contributed by atoms with Gasteiger partial charge in [0, 0.05) is 17.4 Å². The van der Waals surface area contributed by atoms with Gasteiger partial charge in [0.15, 0.2) is 0 Å². The maximum atomic E-state index is 12.6. The summed E-state index contributed by atoms with van der Waals surface area (Å²) in [7, 11) is -3.87. The number of sulfonamides is 1. The Morgan fingerprint density at radius 3 is 2.27 bits per heavy atom. The second-order valence-corrected chi connectivity index (χ2v) is 8.74. The molecule has 3 N–H and O–H groups in total. The van der Waals surface area contributed by atoms with Gasteiger partial charge in [-0.25, -0.2) is 18.4 Å². The van der Waals surface area contributed by atoms with Crippen LogP contribution in [0, 0.1) is 25.7 Å². The average Bonchev–Trinajstić information content (AvgIpc) is 2.67. The van der Waals surface area contributed by atoms with E-state index in [4.69, 9.17) is 0 Å². The lowest BCUT2D eigenvalue weighted by molar-refractivity contribution is -0.146. The molecule has 0 bridgehead atoms. The Bertz CT molecular complexity index is 1080. The Hall–Kier alpha value is -3.27. The van der Waals surface area contributed by atoms with E-state index in [-0.39, 0.29) is 10.7 Å². The predicted octanol–water partition coefficient (Wildman–Crippen LogP) is 2.50. The van der Waals surface area contributed by atoms with E-state index in [0.29, 0.717) is 30.0 Å². The SMILES string of the molecule is Cc1cc(NS(=O)(=O)c2ccc(NC(=O)[C@H]3CC=CC[C@H]3C(=O)O)cc2)nc(C)n1. The largest absolute Gasteiger partial charge is 0.481 e. The van der Waals surface area contributed by atoms with Crippen molar-refractivity contribution < 1.29 is 23.1 Å². The van der Waals surface area contributed by atoms with Gasteiger partial charge in [0.25, 0.3) is 10.0 Å². The number of aliphatic carboxylic acids is 1. The van der Waals surface area contributed by atoms with Crippen molar-refractivity contribution in [3.8, 4) is 0 Å². The number of hydrogen-bond donors (Lipinski definition) is 3. The first-order valence-electron chi connectivity index (χ1n) is 9.29. The van der Waals surface area contributed by atoms with Gasteiger partial charge >= 0.3 is 5.97 Å². The van der Waals surface area contributed by atoms with Crippen LogP contribution in [0.4, 0.5) is 11.5 Å². The second kappa shape index (κ2) is 8.62. The molecule has 1 heterocycles. The van der Waals surface area contributed by atoms with Crippen LogP contribution in [0.3, 0.4) is 0 Å². The third-order valence-corrected chi connectivity index (χ3v) is 6.09. The number of aryl methyl sites for hydroxylation is 2. The summed E-state index contributed by atoms with van der Waals surface area (Å²) in [5.41, 5.74) is 1.02. The first kappa shape index (κ1) is 21.4. The van der Waals surface area contributed by atoms with Gasteiger partial charge in [-0.05, 0) is 51.0 Å². The van der Waals surface area contributed by atoms with Crippen LogP contribution in [-0.2, 0) is 19.6 Å². The van der Waals surface area contributed by atoms with Crippen LogP contribution in [0.2, 0.25) is 0 Å². The molecule has 1 aromatic heterocycles. The molecule has 0 saturated heterocycles. The minimum atomic E-state index is -3.87. The number of nitrogens with one attached hydrogen (secondary N) is 2. The fraction of sp³-hybridized carbons (Fsp3) is 0.300. The first-order chi connectivity index (χ1) is 14.2. The smallest absolute Gasteiger partial charge is 0.307 e. The molecular weight excluding hydrogens is 408 g/mol. The molecule has 2 atom stereocenters. The summed E-state index contributed by atoms with van der Waals surface area (Å²) in [4.78, 5) is 32.1. The first-order valence-corrected chi connectivity index (χ1v) is 10.8. The van der Waals surface area contributed by atoms with Crippen molar-refractivity contribution >= 4 is 33.4 Å². The Morgan fingerprint density at radius 2 is 1.67 bits per heavy atom. The highest BCUT2D eigenvalue weighted by Crippen LogP contribution is 2.27. The van der Waals surface area contributed by atoms with Gasteiger partial charge in [0.1, 0.15) is 11.6 Å². The van der Waals surface area contributed by atoms with E-state index in [9.17, 15) is 23.1 Å². The van der Waals surface area contributed by atoms with Gasteiger partial charge in [-0.3, -0.25) is 14.3 Å². The second-order valence-electron chi connectivity index (χ2n) is 7.05. The van der Waals surface area contributed by atoms with E-state index in [0.717, 1.165) is 0 Å². The summed E-state index contributed by atoms with van der Waals surface area (Å²) in [6.07, 6.45) is 4.20. The van der Waals surface area contributed by atoms with E-state index >= 15 is 0 Å². The number of carbonyl (C=O) groups is 2. The maximum Gasteiger partial charge on any atom is 0.307 e. The summed E-state index contributed by atoms with van der Waals surface area (Å²) < 4.78 is 27.6. The Morgan fingerprint density at radius 1 is 1.03 bits per heavy atom. The van der Waals surface area contributed by atoms with Crippen LogP contribution in [0.15, 0.2) is 47.4 Å². The van der Waals surface area contributed by atoms with Crippen molar-refractivity contribution in [1.82, 2.24) is 9.97 Å². The molecule has 3 rings (SSSR count). The molecule has 1 amide bonds. The molecule has 0 unspecified atom stereocenters. The molecule has 10 heteroatoms. The van der Waals surface area contributed by atoms with E-state index in [2.05, 4.69) is 20.0 Å². The molecule has 158 valence electrons. The summed E-state index contributed by atoms with van der Waals surface area (Å²) in [5.74, 6) is -2.26. The Labute approximate surface area is 174 Å². The number of carboxylic acids is 1. The summed E-state index contributed by atoms with van der Waals surface area (Å²) >= 11 is 0. The molecule has 1 aliphatic carbocycles. The van der Waals surface area contributed by atoms with Gasteiger partial charge < -0.3 is 10.4 Å². The number of allylic oxidation sites excluding steroid dienone is 2. The number of carboxylic acid groups (broad SMARTS) is 1. The monoisotopic (exact) mass is 430 g/mol.